The Balaban J connectivity index is 2.02. The second kappa shape index (κ2) is 7.71. The molecular formula is C21H15NO6. The van der Waals surface area contributed by atoms with E-state index in [2.05, 4.69) is 0 Å². The Labute approximate surface area is 160 Å². The van der Waals surface area contributed by atoms with Crippen molar-refractivity contribution in [1.29, 1.82) is 0 Å². The number of esters is 1. The Morgan fingerprint density at radius 3 is 2.18 bits per heavy atom. The van der Waals surface area contributed by atoms with Gasteiger partial charge in [-0.15, -0.1) is 0 Å². The maximum absolute atomic E-state index is 12.7. The lowest BCUT2D eigenvalue weighted by Crippen LogP contribution is -2.10. The molecule has 1 N–H and O–H groups in total. The number of aryl methyl sites for hydroxylation is 1. The van der Waals surface area contributed by atoms with Gasteiger partial charge in [0.05, 0.1) is 10.5 Å². The SMILES string of the molecule is Cc1ccc(C(=O)c2cc(OC(=O)c3ccccc3)c(O)c([N+](=O)[O-])c2)cc1. The highest BCUT2D eigenvalue weighted by Gasteiger charge is 2.25. The molecule has 7 heteroatoms. The number of carbonyl (C=O) groups is 2. The van der Waals surface area contributed by atoms with Crippen LogP contribution >= 0.6 is 0 Å². The highest BCUT2D eigenvalue weighted by Crippen LogP contribution is 2.38. The molecule has 0 heterocycles. The molecule has 0 aliphatic carbocycles. The molecule has 0 bridgehead atoms. The zero-order valence-corrected chi connectivity index (χ0v) is 14.8. The summed E-state index contributed by atoms with van der Waals surface area (Å²) in [5.74, 6) is -2.60. The van der Waals surface area contributed by atoms with Crippen LogP contribution in [0.4, 0.5) is 5.69 Å². The van der Waals surface area contributed by atoms with Crippen molar-refractivity contribution in [3.63, 3.8) is 0 Å². The van der Waals surface area contributed by atoms with Crippen LogP contribution in [-0.2, 0) is 0 Å². The summed E-state index contributed by atoms with van der Waals surface area (Å²) in [6, 6.07) is 16.7. The van der Waals surface area contributed by atoms with Crippen LogP contribution in [0.15, 0.2) is 66.7 Å². The van der Waals surface area contributed by atoms with Crippen LogP contribution in [0.25, 0.3) is 0 Å². The van der Waals surface area contributed by atoms with E-state index in [1.165, 1.54) is 12.1 Å². The van der Waals surface area contributed by atoms with Crippen LogP contribution in [0.1, 0.15) is 31.8 Å². The van der Waals surface area contributed by atoms with Crippen LogP contribution in [0.2, 0.25) is 0 Å². The second-order valence-corrected chi connectivity index (χ2v) is 6.05. The highest BCUT2D eigenvalue weighted by atomic mass is 16.6. The molecule has 0 saturated carbocycles. The zero-order valence-electron chi connectivity index (χ0n) is 14.8. The molecule has 7 nitrogen and oxygen atoms in total. The largest absolute Gasteiger partial charge is 0.499 e. The fraction of sp³-hybridized carbons (Fsp3) is 0.0476. The van der Waals surface area contributed by atoms with Crippen molar-refractivity contribution >= 4 is 17.4 Å². The standard InChI is InChI=1S/C21H15NO6/c1-13-7-9-14(10-8-13)19(23)16-11-17(22(26)27)20(24)18(12-16)28-21(25)15-5-3-2-4-6-15/h2-12,24H,1H3. The number of ether oxygens (including phenoxy) is 1. The number of aromatic hydroxyl groups is 1. The minimum absolute atomic E-state index is 0.0794. The summed E-state index contributed by atoms with van der Waals surface area (Å²) in [5.41, 5.74) is 0.648. The lowest BCUT2D eigenvalue weighted by Gasteiger charge is -2.09. The molecule has 0 aliphatic heterocycles. The molecule has 0 atom stereocenters. The number of nitro benzene ring substituents is 1. The number of ketones is 1. The van der Waals surface area contributed by atoms with Crippen LogP contribution < -0.4 is 4.74 Å². The van der Waals surface area contributed by atoms with Crippen LogP contribution in [0, 0.1) is 17.0 Å². The third kappa shape index (κ3) is 3.88. The Hall–Kier alpha value is -4.00. The fourth-order valence-corrected chi connectivity index (χ4v) is 2.55. The minimum atomic E-state index is -0.846. The summed E-state index contributed by atoms with van der Waals surface area (Å²) in [7, 11) is 0. The number of hydrogen-bond donors (Lipinski definition) is 1. The van der Waals surface area contributed by atoms with Gasteiger partial charge in [-0.3, -0.25) is 14.9 Å². The molecule has 3 rings (SSSR count). The maximum Gasteiger partial charge on any atom is 0.343 e. The van der Waals surface area contributed by atoms with E-state index >= 15 is 0 Å². The van der Waals surface area contributed by atoms with Gasteiger partial charge < -0.3 is 9.84 Å². The Morgan fingerprint density at radius 1 is 0.929 bits per heavy atom. The lowest BCUT2D eigenvalue weighted by molar-refractivity contribution is -0.385. The lowest BCUT2D eigenvalue weighted by atomic mass is 10.0. The zero-order chi connectivity index (χ0) is 20.3. The van der Waals surface area contributed by atoms with E-state index in [0.29, 0.717) is 5.56 Å². The molecule has 0 aromatic heterocycles. The van der Waals surface area contributed by atoms with E-state index in [-0.39, 0.29) is 11.1 Å². The summed E-state index contributed by atoms with van der Waals surface area (Å²) < 4.78 is 5.12. The first kappa shape index (κ1) is 18.8. The summed E-state index contributed by atoms with van der Waals surface area (Å²) in [6.45, 7) is 1.86. The first-order chi connectivity index (χ1) is 13.4. The Bertz CT molecular complexity index is 1060. The van der Waals surface area contributed by atoms with Crippen molar-refractivity contribution in [2.45, 2.75) is 6.92 Å². The van der Waals surface area contributed by atoms with E-state index in [4.69, 9.17) is 4.74 Å². The third-order valence-electron chi connectivity index (χ3n) is 4.04. The van der Waals surface area contributed by atoms with Gasteiger partial charge in [-0.1, -0.05) is 48.0 Å². The number of benzene rings is 3. The second-order valence-electron chi connectivity index (χ2n) is 6.05. The molecule has 0 amide bonds. The van der Waals surface area contributed by atoms with Crippen molar-refractivity contribution in [2.24, 2.45) is 0 Å². The Morgan fingerprint density at radius 2 is 1.57 bits per heavy atom. The van der Waals surface area contributed by atoms with Gasteiger partial charge in [0.25, 0.3) is 0 Å². The molecule has 28 heavy (non-hydrogen) atoms. The van der Waals surface area contributed by atoms with E-state index in [0.717, 1.165) is 17.7 Å². The van der Waals surface area contributed by atoms with Gasteiger partial charge >= 0.3 is 11.7 Å². The molecule has 0 unspecified atom stereocenters. The average molecular weight is 377 g/mol. The van der Waals surface area contributed by atoms with E-state index < -0.39 is 33.9 Å². The topological polar surface area (TPSA) is 107 Å². The van der Waals surface area contributed by atoms with Gasteiger partial charge in [0.1, 0.15) is 0 Å². The van der Waals surface area contributed by atoms with E-state index in [9.17, 15) is 24.8 Å². The third-order valence-corrected chi connectivity index (χ3v) is 4.04. The fourth-order valence-electron chi connectivity index (χ4n) is 2.55. The van der Waals surface area contributed by atoms with Crippen LogP contribution in [0.3, 0.4) is 0 Å². The number of phenols is 1. The van der Waals surface area contributed by atoms with Crippen LogP contribution in [0.5, 0.6) is 11.5 Å². The molecule has 3 aromatic rings. The van der Waals surface area contributed by atoms with Crippen LogP contribution in [-0.4, -0.2) is 21.8 Å². The summed E-state index contributed by atoms with van der Waals surface area (Å²) in [4.78, 5) is 35.4. The molecule has 0 radical (unpaired) electrons. The smallest absolute Gasteiger partial charge is 0.343 e. The van der Waals surface area contributed by atoms with Crippen molar-refractivity contribution in [3.05, 3.63) is 99.1 Å². The number of phenolic OH excluding ortho intramolecular Hbond substituents is 1. The van der Waals surface area contributed by atoms with Gasteiger partial charge in [-0.05, 0) is 25.1 Å². The van der Waals surface area contributed by atoms with Gasteiger partial charge in [-0.2, -0.15) is 0 Å². The summed E-state index contributed by atoms with van der Waals surface area (Å²) >= 11 is 0. The van der Waals surface area contributed by atoms with E-state index in [1.807, 2.05) is 6.92 Å². The molecule has 0 fully saturated rings. The predicted octanol–water partition coefficient (Wildman–Crippen LogP) is 4.06. The number of nitro groups is 1. The summed E-state index contributed by atoms with van der Waals surface area (Å²) in [5, 5.41) is 21.4. The number of carbonyl (C=O) groups excluding carboxylic acids is 2. The van der Waals surface area contributed by atoms with Crippen molar-refractivity contribution < 1.29 is 24.4 Å². The first-order valence-corrected chi connectivity index (χ1v) is 8.27. The van der Waals surface area contributed by atoms with Crippen molar-refractivity contribution in [1.82, 2.24) is 0 Å². The monoisotopic (exact) mass is 377 g/mol. The normalized spacial score (nSPS) is 10.3. The van der Waals surface area contributed by atoms with Crippen molar-refractivity contribution in [3.8, 4) is 11.5 Å². The number of nitrogens with zero attached hydrogens (tertiary/aromatic N) is 1. The maximum atomic E-state index is 12.7. The summed E-state index contributed by atoms with van der Waals surface area (Å²) in [6.07, 6.45) is 0. The molecule has 0 spiro atoms. The minimum Gasteiger partial charge on any atom is -0.499 e. The van der Waals surface area contributed by atoms with Gasteiger partial charge in [0.2, 0.25) is 5.75 Å². The highest BCUT2D eigenvalue weighted by molar-refractivity contribution is 6.10. The number of rotatable bonds is 5. The molecule has 140 valence electrons. The average Bonchev–Trinajstić information content (AvgIpc) is 2.70. The van der Waals surface area contributed by atoms with Crippen molar-refractivity contribution in [2.75, 3.05) is 0 Å². The van der Waals surface area contributed by atoms with Gasteiger partial charge in [0, 0.05) is 17.2 Å². The number of hydrogen-bond acceptors (Lipinski definition) is 6. The molecule has 0 aliphatic rings. The quantitative estimate of drug-likeness (QED) is 0.236. The molecular weight excluding hydrogens is 362 g/mol. The predicted molar refractivity (Wildman–Crippen MR) is 101 cm³/mol. The molecule has 3 aromatic carbocycles. The van der Waals surface area contributed by atoms with E-state index in [1.54, 1.807) is 42.5 Å². The first-order valence-electron chi connectivity index (χ1n) is 8.27. The Kier molecular flexibility index (Phi) is 5.17. The molecule has 0 saturated heterocycles. The van der Waals surface area contributed by atoms with Gasteiger partial charge in [0.15, 0.2) is 11.5 Å². The van der Waals surface area contributed by atoms with Gasteiger partial charge in [-0.25, -0.2) is 4.79 Å².